The normalized spacial score (nSPS) is 12.5. The molecule has 0 atom stereocenters. The molecule has 138 valence electrons. The van der Waals surface area contributed by atoms with E-state index in [0.717, 1.165) is 5.01 Å². The van der Waals surface area contributed by atoms with Gasteiger partial charge in [0.15, 0.2) is 0 Å². The van der Waals surface area contributed by atoms with Gasteiger partial charge in [0.2, 0.25) is 0 Å². The predicted molar refractivity (Wildman–Crippen MR) is 106 cm³/mol. The van der Waals surface area contributed by atoms with Crippen molar-refractivity contribution in [2.75, 3.05) is 16.1 Å². The minimum atomic E-state index is -0.398. The highest BCUT2D eigenvalue weighted by Gasteiger charge is 2.35. The largest absolute Gasteiger partial charge is 0.323 e. The minimum absolute atomic E-state index is 0.368. The molecule has 0 radical (unpaired) electrons. The van der Waals surface area contributed by atoms with Gasteiger partial charge in [-0.2, -0.15) is 5.01 Å². The lowest BCUT2D eigenvalue weighted by molar-refractivity contribution is 0.0691. The monoisotopic (exact) mass is 372 g/mol. The Morgan fingerprint density at radius 1 is 0.607 bits per heavy atom. The van der Waals surface area contributed by atoms with Gasteiger partial charge in [-0.25, -0.2) is 4.79 Å². The topological polar surface area (TPSA) is 90.5 Å². The molecule has 0 aromatic heterocycles. The molecule has 0 saturated carbocycles. The first kappa shape index (κ1) is 17.3. The Hall–Kier alpha value is -4.13. The number of nitrogens with zero attached hydrogens (tertiary/aromatic N) is 1. The molecule has 1 aliphatic rings. The van der Waals surface area contributed by atoms with Crippen LogP contribution in [0, 0.1) is 0 Å². The zero-order chi connectivity index (χ0) is 19.5. The molecule has 3 aromatic rings. The first-order valence-corrected chi connectivity index (χ1v) is 8.59. The summed E-state index contributed by atoms with van der Waals surface area (Å²) in [6.07, 6.45) is 0. The van der Waals surface area contributed by atoms with E-state index in [1.165, 1.54) is 0 Å². The van der Waals surface area contributed by atoms with E-state index < -0.39 is 11.8 Å². The van der Waals surface area contributed by atoms with Crippen molar-refractivity contribution in [1.82, 2.24) is 5.01 Å². The van der Waals surface area contributed by atoms with Crippen LogP contribution in [0.2, 0.25) is 0 Å². The molecule has 0 bridgehead atoms. The van der Waals surface area contributed by atoms with Gasteiger partial charge in [0.05, 0.1) is 16.8 Å². The maximum absolute atomic E-state index is 12.4. The molecule has 3 N–H and O–H groups in total. The molecular weight excluding hydrogens is 356 g/mol. The summed E-state index contributed by atoms with van der Waals surface area (Å²) < 4.78 is 0. The van der Waals surface area contributed by atoms with Gasteiger partial charge >= 0.3 is 6.03 Å². The Morgan fingerprint density at radius 2 is 1.07 bits per heavy atom. The van der Waals surface area contributed by atoms with Crippen molar-refractivity contribution in [3.8, 4) is 0 Å². The first-order valence-electron chi connectivity index (χ1n) is 8.59. The van der Waals surface area contributed by atoms with E-state index in [9.17, 15) is 14.4 Å². The number of fused-ring (bicyclic) bond motifs is 1. The highest BCUT2D eigenvalue weighted by Crippen LogP contribution is 2.24. The second-order valence-corrected chi connectivity index (χ2v) is 6.13. The van der Waals surface area contributed by atoms with Gasteiger partial charge in [0.25, 0.3) is 11.8 Å². The fourth-order valence-corrected chi connectivity index (χ4v) is 2.86. The number of rotatable bonds is 4. The Bertz CT molecular complexity index is 1010. The third-order valence-electron chi connectivity index (χ3n) is 4.21. The molecule has 7 heteroatoms. The van der Waals surface area contributed by atoms with Crippen molar-refractivity contribution in [2.24, 2.45) is 0 Å². The highest BCUT2D eigenvalue weighted by atomic mass is 16.2. The molecule has 7 nitrogen and oxygen atoms in total. The maximum atomic E-state index is 12.4. The molecule has 4 rings (SSSR count). The van der Waals surface area contributed by atoms with Crippen LogP contribution < -0.4 is 16.1 Å². The predicted octanol–water partition coefficient (Wildman–Crippen LogP) is 3.95. The molecule has 0 unspecified atom stereocenters. The van der Waals surface area contributed by atoms with Crippen LogP contribution in [0.4, 0.5) is 21.9 Å². The van der Waals surface area contributed by atoms with Gasteiger partial charge in [-0.15, -0.1) is 0 Å². The Balaban J connectivity index is 1.40. The molecule has 0 aliphatic carbocycles. The zero-order valence-corrected chi connectivity index (χ0v) is 14.7. The van der Waals surface area contributed by atoms with Crippen molar-refractivity contribution in [3.05, 3.63) is 90.0 Å². The maximum Gasteiger partial charge on any atom is 0.323 e. The smallest absolute Gasteiger partial charge is 0.308 e. The lowest BCUT2D eigenvalue weighted by atomic mass is 10.1. The average molecular weight is 372 g/mol. The summed E-state index contributed by atoms with van der Waals surface area (Å²) in [5.74, 6) is -0.796. The number of amides is 4. The Labute approximate surface area is 160 Å². The van der Waals surface area contributed by atoms with Crippen molar-refractivity contribution >= 4 is 34.9 Å². The SMILES string of the molecule is O=C(Nc1ccccc1)Nc1ccc(NN2C(=O)c3ccccc3C2=O)cc1. The Morgan fingerprint density at radius 3 is 1.64 bits per heavy atom. The number of nitrogens with one attached hydrogen (secondary N) is 3. The lowest BCUT2D eigenvalue weighted by Crippen LogP contribution is -2.35. The number of urea groups is 1. The fraction of sp³-hybridized carbons (Fsp3) is 0. The van der Waals surface area contributed by atoms with Crippen LogP contribution in [0.15, 0.2) is 78.9 Å². The van der Waals surface area contributed by atoms with E-state index in [1.54, 1.807) is 60.7 Å². The molecule has 28 heavy (non-hydrogen) atoms. The summed E-state index contributed by atoms with van der Waals surface area (Å²) in [4.78, 5) is 36.8. The van der Waals surface area contributed by atoms with Crippen molar-refractivity contribution in [2.45, 2.75) is 0 Å². The van der Waals surface area contributed by atoms with Gasteiger partial charge in [-0.3, -0.25) is 15.0 Å². The number of carbonyl (C=O) groups is 3. The van der Waals surface area contributed by atoms with E-state index in [2.05, 4.69) is 16.1 Å². The summed E-state index contributed by atoms with van der Waals surface area (Å²) in [7, 11) is 0. The first-order chi connectivity index (χ1) is 13.6. The van der Waals surface area contributed by atoms with Gasteiger partial charge in [-0.1, -0.05) is 30.3 Å². The number of hydrazine groups is 1. The second kappa shape index (κ2) is 7.24. The van der Waals surface area contributed by atoms with Crippen LogP contribution in [0.1, 0.15) is 20.7 Å². The van der Waals surface area contributed by atoms with Crippen LogP contribution >= 0.6 is 0 Å². The number of anilines is 3. The van der Waals surface area contributed by atoms with E-state index in [4.69, 9.17) is 0 Å². The summed E-state index contributed by atoms with van der Waals surface area (Å²) >= 11 is 0. The standard InChI is InChI=1S/C21H16N4O3/c26-19-17-8-4-5-9-18(17)20(27)25(19)24-16-12-10-15(11-13-16)23-21(28)22-14-6-2-1-3-7-14/h1-13,24H,(H2,22,23,28). The molecule has 4 amide bonds. The third kappa shape index (κ3) is 3.41. The van der Waals surface area contributed by atoms with Crippen molar-refractivity contribution in [3.63, 3.8) is 0 Å². The molecule has 3 aromatic carbocycles. The summed E-state index contributed by atoms with van der Waals surface area (Å²) in [6.45, 7) is 0. The second-order valence-electron chi connectivity index (χ2n) is 6.13. The minimum Gasteiger partial charge on any atom is -0.308 e. The number of hydrogen-bond donors (Lipinski definition) is 3. The number of imide groups is 1. The van der Waals surface area contributed by atoms with Crippen molar-refractivity contribution in [1.29, 1.82) is 0 Å². The molecule has 0 spiro atoms. The molecule has 1 heterocycles. The zero-order valence-electron chi connectivity index (χ0n) is 14.7. The number of carbonyl (C=O) groups excluding carboxylic acids is 3. The number of hydrogen-bond acceptors (Lipinski definition) is 4. The van der Waals surface area contributed by atoms with Crippen LogP contribution in [0.3, 0.4) is 0 Å². The average Bonchev–Trinajstić information content (AvgIpc) is 2.95. The summed E-state index contributed by atoms with van der Waals surface area (Å²) in [5, 5.41) is 6.42. The van der Waals surface area contributed by atoms with Crippen LogP contribution in [0.5, 0.6) is 0 Å². The van der Waals surface area contributed by atoms with Crippen molar-refractivity contribution < 1.29 is 14.4 Å². The lowest BCUT2D eigenvalue weighted by Gasteiger charge is -2.16. The number of benzene rings is 3. The van der Waals surface area contributed by atoms with Gasteiger partial charge in [0.1, 0.15) is 0 Å². The quantitative estimate of drug-likeness (QED) is 0.605. The fourth-order valence-electron chi connectivity index (χ4n) is 2.86. The number of para-hydroxylation sites is 1. The van der Waals surface area contributed by atoms with Gasteiger partial charge < -0.3 is 10.6 Å². The van der Waals surface area contributed by atoms with Crippen LogP contribution in [-0.2, 0) is 0 Å². The molecule has 0 saturated heterocycles. The van der Waals surface area contributed by atoms with E-state index in [-0.39, 0.29) is 6.03 Å². The summed E-state index contributed by atoms with van der Waals surface area (Å²) in [6, 6.07) is 22.1. The van der Waals surface area contributed by atoms with Crippen LogP contribution in [-0.4, -0.2) is 22.9 Å². The molecule has 0 fully saturated rings. The highest BCUT2D eigenvalue weighted by molar-refractivity contribution is 6.21. The Kier molecular flexibility index (Phi) is 4.47. The van der Waals surface area contributed by atoms with E-state index >= 15 is 0 Å². The van der Waals surface area contributed by atoms with E-state index in [0.29, 0.717) is 28.2 Å². The summed E-state index contributed by atoms with van der Waals surface area (Å²) in [5.41, 5.74) is 5.36. The van der Waals surface area contributed by atoms with Crippen LogP contribution in [0.25, 0.3) is 0 Å². The van der Waals surface area contributed by atoms with Gasteiger partial charge in [0, 0.05) is 11.4 Å². The molecular formula is C21H16N4O3. The molecule has 1 aliphatic heterocycles. The third-order valence-corrected chi connectivity index (χ3v) is 4.21. The van der Waals surface area contributed by atoms with E-state index in [1.807, 2.05) is 18.2 Å². The van der Waals surface area contributed by atoms with Gasteiger partial charge in [-0.05, 0) is 48.5 Å².